The first-order chi connectivity index (χ1) is 24.6. The van der Waals surface area contributed by atoms with Gasteiger partial charge in [-0.25, -0.2) is 4.79 Å². The lowest BCUT2D eigenvalue weighted by molar-refractivity contribution is -0.253. The van der Waals surface area contributed by atoms with Crippen molar-refractivity contribution < 1.29 is 37.3 Å². The van der Waals surface area contributed by atoms with Crippen LogP contribution in [-0.2, 0) is 25.7 Å². The molecule has 0 saturated carbocycles. The van der Waals surface area contributed by atoms with Gasteiger partial charge in [0, 0.05) is 49.9 Å². The van der Waals surface area contributed by atoms with Crippen molar-refractivity contribution in [2.75, 3.05) is 31.5 Å². The van der Waals surface area contributed by atoms with E-state index in [0.717, 1.165) is 48.1 Å². The molecule has 3 aliphatic rings. The number of hydrogen-bond donors (Lipinski definition) is 3. The Hall–Kier alpha value is -4.50. The van der Waals surface area contributed by atoms with Gasteiger partial charge in [0.15, 0.2) is 6.29 Å². The summed E-state index contributed by atoms with van der Waals surface area (Å²) in [5.41, 5.74) is 4.45. The molecule has 4 unspecified atom stereocenters. The molecule has 0 aliphatic carbocycles. The van der Waals surface area contributed by atoms with Crippen LogP contribution in [0.15, 0.2) is 77.6 Å². The van der Waals surface area contributed by atoms with Crippen molar-refractivity contribution in [3.8, 4) is 0 Å². The van der Waals surface area contributed by atoms with Crippen molar-refractivity contribution >= 4 is 28.5 Å². The topological polar surface area (TPSA) is 129 Å². The summed E-state index contributed by atoms with van der Waals surface area (Å²) in [5, 5.41) is 12.2. The third-order valence-electron chi connectivity index (χ3n) is 10.1. The minimum Gasteiger partial charge on any atom is -0.392 e. The molecule has 3 N–H and O–H groups in total. The molecule has 51 heavy (non-hydrogen) atoms. The van der Waals surface area contributed by atoms with Gasteiger partial charge in [-0.15, -0.1) is 0 Å². The minimum absolute atomic E-state index is 0.0684. The van der Waals surface area contributed by atoms with Crippen molar-refractivity contribution in [1.82, 2.24) is 19.4 Å². The molecule has 11 nitrogen and oxygen atoms in total. The molecule has 1 aromatic heterocycles. The van der Waals surface area contributed by atoms with Crippen LogP contribution in [0.5, 0.6) is 0 Å². The van der Waals surface area contributed by atoms with Gasteiger partial charge in [-0.1, -0.05) is 48.5 Å². The summed E-state index contributed by atoms with van der Waals surface area (Å²) in [6.07, 6.45) is -3.60. The highest BCUT2D eigenvalue weighted by Crippen LogP contribution is 2.39. The van der Waals surface area contributed by atoms with E-state index in [2.05, 4.69) is 15.2 Å². The molecule has 3 aromatic carbocycles. The molecule has 0 radical (unpaired) electrons. The van der Waals surface area contributed by atoms with E-state index in [1.54, 1.807) is 24.3 Å². The fourth-order valence-electron chi connectivity index (χ4n) is 7.51. The number of H-pyrrole nitrogens is 1. The maximum Gasteiger partial charge on any atom is 0.471 e. The van der Waals surface area contributed by atoms with Gasteiger partial charge in [0.1, 0.15) is 6.04 Å². The zero-order chi connectivity index (χ0) is 35.7. The zero-order valence-corrected chi connectivity index (χ0v) is 27.9. The number of alkyl halides is 3. The largest absolute Gasteiger partial charge is 0.471 e. The summed E-state index contributed by atoms with van der Waals surface area (Å²) in [5.74, 6) is -2.68. The summed E-state index contributed by atoms with van der Waals surface area (Å²) in [7, 11) is 0. The Morgan fingerprint density at radius 1 is 0.902 bits per heavy atom. The molecule has 3 aliphatic heterocycles. The number of nitrogens with zero attached hydrogens (tertiary/aromatic N) is 3. The second kappa shape index (κ2) is 14.6. The van der Waals surface area contributed by atoms with E-state index in [9.17, 15) is 32.7 Å². The number of aromatic amines is 1. The second-order valence-electron chi connectivity index (χ2n) is 13.5. The highest BCUT2D eigenvalue weighted by Gasteiger charge is 2.47. The fourth-order valence-corrected chi connectivity index (χ4v) is 7.51. The van der Waals surface area contributed by atoms with E-state index in [-0.39, 0.29) is 43.5 Å². The summed E-state index contributed by atoms with van der Waals surface area (Å²) in [6, 6.07) is 21.0. The summed E-state index contributed by atoms with van der Waals surface area (Å²) < 4.78 is 54.1. The van der Waals surface area contributed by atoms with Crippen LogP contribution in [0.2, 0.25) is 0 Å². The average molecular weight is 708 g/mol. The molecule has 2 amide bonds. The van der Waals surface area contributed by atoms with Crippen LogP contribution in [0.4, 0.5) is 18.9 Å². The number of halogens is 3. The van der Waals surface area contributed by atoms with Gasteiger partial charge in [0.25, 0.3) is 0 Å². The van der Waals surface area contributed by atoms with Gasteiger partial charge in [0.2, 0.25) is 5.91 Å². The molecule has 0 spiro atoms. The molecule has 14 heteroatoms. The van der Waals surface area contributed by atoms with Crippen LogP contribution in [0.3, 0.4) is 0 Å². The lowest BCUT2D eigenvalue weighted by Gasteiger charge is -2.40. The number of amides is 2. The fraction of sp³-hybridized carbons (Fsp3) is 0.432. The Morgan fingerprint density at radius 2 is 1.61 bits per heavy atom. The van der Waals surface area contributed by atoms with E-state index in [1.165, 1.54) is 0 Å². The predicted molar refractivity (Wildman–Crippen MR) is 182 cm³/mol. The molecule has 4 heterocycles. The van der Waals surface area contributed by atoms with Crippen LogP contribution in [-0.4, -0.2) is 80.8 Å². The molecular weight excluding hydrogens is 667 g/mol. The number of imidazole rings is 1. The Labute approximate surface area is 291 Å². The normalized spacial score (nSPS) is 23.5. The second-order valence-corrected chi connectivity index (χ2v) is 13.5. The van der Waals surface area contributed by atoms with E-state index < -0.39 is 30.3 Å². The van der Waals surface area contributed by atoms with Crippen molar-refractivity contribution in [2.45, 2.75) is 75.5 Å². The van der Waals surface area contributed by atoms with Gasteiger partial charge < -0.3 is 34.7 Å². The number of anilines is 1. The number of carbonyl (C=O) groups is 2. The highest BCUT2D eigenvalue weighted by molar-refractivity contribution is 5.98. The first kappa shape index (κ1) is 34.9. The van der Waals surface area contributed by atoms with Crippen LogP contribution in [0.25, 0.3) is 11.0 Å². The summed E-state index contributed by atoms with van der Waals surface area (Å²) >= 11 is 0. The van der Waals surface area contributed by atoms with Crippen molar-refractivity contribution in [1.29, 1.82) is 0 Å². The van der Waals surface area contributed by atoms with Crippen molar-refractivity contribution in [3.05, 3.63) is 100.0 Å². The van der Waals surface area contributed by atoms with Crippen LogP contribution < -0.4 is 11.0 Å². The van der Waals surface area contributed by atoms with Gasteiger partial charge in [-0.05, 0) is 61.1 Å². The Balaban J connectivity index is 1.03. The number of nitrogens with one attached hydrogen (secondary N) is 2. The SMILES string of the molecule is O=C(Nc1ccc(C2OC(CN3CCC(n4c(=O)[nH]c5ccccc54)CC3)CC(c3ccc(CO)cc3)O2)cc1)C1CCCN1C(=O)C(F)(F)F. The maximum absolute atomic E-state index is 13.1. The quantitative estimate of drug-likeness (QED) is 0.230. The van der Waals surface area contributed by atoms with Crippen LogP contribution in [0.1, 0.15) is 67.2 Å². The molecule has 0 bridgehead atoms. The van der Waals surface area contributed by atoms with Crippen molar-refractivity contribution in [2.24, 2.45) is 0 Å². The predicted octanol–water partition coefficient (Wildman–Crippen LogP) is 5.20. The maximum atomic E-state index is 13.1. The lowest BCUT2D eigenvalue weighted by atomic mass is 9.98. The first-order valence-corrected chi connectivity index (χ1v) is 17.3. The molecule has 270 valence electrons. The number of fused-ring (bicyclic) bond motifs is 1. The monoisotopic (exact) mass is 707 g/mol. The summed E-state index contributed by atoms with van der Waals surface area (Å²) in [6.45, 7) is 2.04. The molecule has 3 saturated heterocycles. The average Bonchev–Trinajstić information content (AvgIpc) is 3.76. The first-order valence-electron chi connectivity index (χ1n) is 17.3. The number of hydrogen-bond acceptors (Lipinski definition) is 7. The van der Waals surface area contributed by atoms with Crippen LogP contribution >= 0.6 is 0 Å². The van der Waals surface area contributed by atoms with Crippen molar-refractivity contribution in [3.63, 3.8) is 0 Å². The number of para-hydroxylation sites is 2. The van der Waals surface area contributed by atoms with Gasteiger partial charge in [-0.3, -0.25) is 14.2 Å². The van der Waals surface area contributed by atoms with Gasteiger partial charge in [-0.2, -0.15) is 13.2 Å². The number of piperidine rings is 1. The Morgan fingerprint density at radius 3 is 2.31 bits per heavy atom. The number of benzene rings is 3. The zero-order valence-electron chi connectivity index (χ0n) is 27.9. The highest BCUT2D eigenvalue weighted by atomic mass is 19.4. The molecule has 7 rings (SSSR count). The number of rotatable bonds is 8. The van der Waals surface area contributed by atoms with E-state index in [1.807, 2.05) is 53.1 Å². The van der Waals surface area contributed by atoms with E-state index >= 15 is 0 Å². The molecule has 4 aromatic rings. The third-order valence-corrected chi connectivity index (χ3v) is 10.1. The number of aromatic nitrogens is 2. The molecular formula is C37H40F3N5O6. The van der Waals surface area contributed by atoms with Gasteiger partial charge >= 0.3 is 17.8 Å². The number of aliphatic hydroxyl groups is 1. The lowest BCUT2D eigenvalue weighted by Crippen LogP contribution is -2.48. The smallest absolute Gasteiger partial charge is 0.392 e. The van der Waals surface area contributed by atoms with E-state index in [4.69, 9.17) is 9.47 Å². The Bertz CT molecular complexity index is 1900. The standard InChI is InChI=1S/C37H40F3N5O6/c38-37(39,40)35(48)44-17-3-6-31(44)33(47)41-26-13-11-25(12-14-26)34-50-28(20-32(51-34)24-9-7-23(22-46)8-10-24)21-43-18-15-27(16-19-43)45-30-5-2-1-4-29(30)42-36(45)49/h1-2,4-5,7-14,27-28,31-32,34,46H,3,6,15-22H2,(H,41,47)(H,42,49). The number of ether oxygens (including phenoxy) is 2. The molecule has 3 fully saturated rings. The molecule has 4 atom stereocenters. The minimum atomic E-state index is -5.05. The number of likely N-dealkylation sites (tertiary alicyclic amines) is 2. The third kappa shape index (κ3) is 7.59. The summed E-state index contributed by atoms with van der Waals surface area (Å²) in [4.78, 5) is 43.5. The number of aliphatic hydroxyl groups excluding tert-OH is 1. The van der Waals surface area contributed by atoms with E-state index in [0.29, 0.717) is 35.5 Å². The van der Waals surface area contributed by atoms with Gasteiger partial charge in [0.05, 0.1) is 29.8 Å². The Kier molecular flexibility index (Phi) is 10.0. The number of carbonyl (C=O) groups excluding carboxylic acids is 2. The van der Waals surface area contributed by atoms with Crippen LogP contribution in [0, 0.1) is 0 Å².